The first-order chi connectivity index (χ1) is 6.86. The molecule has 0 aromatic carbocycles. The Hall–Kier alpha value is 0.560. The molecule has 0 atom stereocenters. The highest BCUT2D eigenvalue weighted by atomic mass is 35.5. The van der Waals surface area contributed by atoms with Gasteiger partial charge in [0.1, 0.15) is 0 Å². The van der Waals surface area contributed by atoms with Crippen LogP contribution in [0.2, 0.25) is 0 Å². The third kappa shape index (κ3) is 6.67. The number of nitrogens with zero attached hydrogens (tertiary/aromatic N) is 1. The van der Waals surface area contributed by atoms with Crippen LogP contribution in [0.25, 0.3) is 0 Å². The first-order valence-electron chi connectivity index (χ1n) is 5.81. The van der Waals surface area contributed by atoms with Crippen LogP contribution in [0.1, 0.15) is 19.8 Å². The van der Waals surface area contributed by atoms with Crippen LogP contribution in [0.5, 0.6) is 0 Å². The van der Waals surface area contributed by atoms with Gasteiger partial charge in [0.2, 0.25) is 0 Å². The molecule has 0 radical (unpaired) electrons. The number of hydrogen-bond donors (Lipinski definition) is 1. The predicted octanol–water partition coefficient (Wildman–Crippen LogP) is 2.09. The van der Waals surface area contributed by atoms with Gasteiger partial charge in [0.05, 0.1) is 0 Å². The number of piperidine rings is 1. The van der Waals surface area contributed by atoms with Crippen LogP contribution in [-0.2, 0) is 0 Å². The smallest absolute Gasteiger partial charge is 0.00723 e. The van der Waals surface area contributed by atoms with E-state index in [-0.39, 0.29) is 12.4 Å². The largest absolute Gasteiger partial charge is 0.319 e. The molecule has 0 amide bonds. The average molecular weight is 253 g/mol. The maximum absolute atomic E-state index is 3.28. The van der Waals surface area contributed by atoms with Crippen molar-refractivity contribution < 1.29 is 0 Å². The third-order valence-corrected chi connectivity index (χ3v) is 3.84. The molecule has 0 aromatic rings. The molecule has 1 aliphatic heterocycles. The fraction of sp³-hybridized carbons (Fsp3) is 1.00. The molecule has 1 heterocycles. The van der Waals surface area contributed by atoms with Gasteiger partial charge in [-0.3, -0.25) is 0 Å². The monoisotopic (exact) mass is 252 g/mol. The Morgan fingerprint density at radius 3 is 2.53 bits per heavy atom. The summed E-state index contributed by atoms with van der Waals surface area (Å²) in [5.41, 5.74) is 0. The van der Waals surface area contributed by atoms with E-state index in [4.69, 9.17) is 0 Å². The van der Waals surface area contributed by atoms with E-state index in [1.807, 2.05) is 0 Å². The molecule has 92 valence electrons. The van der Waals surface area contributed by atoms with E-state index in [1.165, 1.54) is 50.5 Å². The molecule has 2 nitrogen and oxygen atoms in total. The predicted molar refractivity (Wildman–Crippen MR) is 73.3 cm³/mol. The zero-order chi connectivity index (χ0) is 10.2. The number of hydrogen-bond acceptors (Lipinski definition) is 3. The normalized spacial score (nSPS) is 18.8. The van der Waals surface area contributed by atoms with E-state index >= 15 is 0 Å². The van der Waals surface area contributed by atoms with E-state index < -0.39 is 0 Å². The fourth-order valence-corrected chi connectivity index (χ4v) is 2.72. The van der Waals surface area contributed by atoms with Gasteiger partial charge in [-0.05, 0) is 51.2 Å². The second kappa shape index (κ2) is 9.76. The van der Waals surface area contributed by atoms with Gasteiger partial charge >= 0.3 is 0 Å². The lowest BCUT2D eigenvalue weighted by molar-refractivity contribution is 0.193. The Morgan fingerprint density at radius 1 is 1.33 bits per heavy atom. The van der Waals surface area contributed by atoms with Gasteiger partial charge < -0.3 is 10.2 Å². The summed E-state index contributed by atoms with van der Waals surface area (Å²) in [6.07, 6.45) is 2.77. The van der Waals surface area contributed by atoms with Gasteiger partial charge in [0.25, 0.3) is 0 Å². The number of likely N-dealkylation sites (tertiary alicyclic amines) is 1. The lowest BCUT2D eigenvalue weighted by atomic mass is 9.97. The van der Waals surface area contributed by atoms with Crippen molar-refractivity contribution in [2.75, 3.05) is 44.7 Å². The van der Waals surface area contributed by atoms with Crippen LogP contribution in [0.3, 0.4) is 0 Å². The van der Waals surface area contributed by atoms with Crippen molar-refractivity contribution >= 4 is 24.2 Å². The van der Waals surface area contributed by atoms with E-state index in [0.29, 0.717) is 0 Å². The zero-order valence-corrected chi connectivity index (χ0v) is 11.6. The molecule has 0 bridgehead atoms. The van der Waals surface area contributed by atoms with E-state index in [0.717, 1.165) is 5.92 Å². The molecule has 0 aromatic heterocycles. The summed E-state index contributed by atoms with van der Waals surface area (Å²) in [6.45, 7) is 7.37. The Kier molecular flexibility index (Phi) is 10.1. The molecular weight excluding hydrogens is 228 g/mol. The summed E-state index contributed by atoms with van der Waals surface area (Å²) in [5, 5.41) is 3.28. The highest BCUT2D eigenvalue weighted by molar-refractivity contribution is 7.99. The molecule has 0 unspecified atom stereocenters. The molecule has 0 aliphatic carbocycles. The maximum atomic E-state index is 3.28. The van der Waals surface area contributed by atoms with Crippen LogP contribution >= 0.6 is 24.2 Å². The van der Waals surface area contributed by atoms with Crippen LogP contribution in [0, 0.1) is 5.92 Å². The molecular formula is C11H25ClN2S. The molecule has 0 saturated carbocycles. The minimum atomic E-state index is 0. The molecule has 1 rings (SSSR count). The van der Waals surface area contributed by atoms with Gasteiger partial charge in [-0.15, -0.1) is 12.4 Å². The highest BCUT2D eigenvalue weighted by Crippen LogP contribution is 2.16. The second-order valence-corrected chi connectivity index (χ2v) is 5.43. The van der Waals surface area contributed by atoms with Gasteiger partial charge in [-0.1, -0.05) is 6.92 Å². The summed E-state index contributed by atoms with van der Waals surface area (Å²) < 4.78 is 0. The fourth-order valence-electron chi connectivity index (χ4n) is 2.04. The van der Waals surface area contributed by atoms with E-state index in [1.54, 1.807) is 0 Å². The zero-order valence-electron chi connectivity index (χ0n) is 10.00. The minimum absolute atomic E-state index is 0. The number of nitrogens with one attached hydrogen (secondary N) is 1. The number of rotatable bonds is 6. The first kappa shape index (κ1) is 15.6. The van der Waals surface area contributed by atoms with Crippen LogP contribution in [-0.4, -0.2) is 49.6 Å². The van der Waals surface area contributed by atoms with Gasteiger partial charge in [-0.2, -0.15) is 11.8 Å². The van der Waals surface area contributed by atoms with Gasteiger partial charge in [0.15, 0.2) is 0 Å². The SMILES string of the molecule is CCSCCN1CCC(CNC)CC1.Cl. The van der Waals surface area contributed by atoms with Crippen molar-refractivity contribution in [3.05, 3.63) is 0 Å². The third-order valence-electron chi connectivity index (χ3n) is 2.96. The molecule has 1 aliphatic rings. The van der Waals surface area contributed by atoms with Crippen LogP contribution in [0.4, 0.5) is 0 Å². The second-order valence-electron chi connectivity index (χ2n) is 4.04. The maximum Gasteiger partial charge on any atom is 0.00723 e. The Bertz CT molecular complexity index is 139. The molecule has 0 spiro atoms. The number of thioether (sulfide) groups is 1. The number of halogens is 1. The summed E-state index contributed by atoms with van der Waals surface area (Å²) in [5.74, 6) is 3.50. The van der Waals surface area contributed by atoms with E-state index in [2.05, 4.69) is 35.9 Å². The Morgan fingerprint density at radius 2 is 2.00 bits per heavy atom. The molecule has 4 heteroatoms. The van der Waals surface area contributed by atoms with Gasteiger partial charge in [0, 0.05) is 12.3 Å². The summed E-state index contributed by atoms with van der Waals surface area (Å²) in [4.78, 5) is 2.62. The quantitative estimate of drug-likeness (QED) is 0.729. The molecule has 1 fully saturated rings. The Labute approximate surface area is 105 Å². The van der Waals surface area contributed by atoms with Crippen molar-refractivity contribution in [2.45, 2.75) is 19.8 Å². The minimum Gasteiger partial charge on any atom is -0.319 e. The van der Waals surface area contributed by atoms with Crippen LogP contribution in [0.15, 0.2) is 0 Å². The average Bonchev–Trinajstić information content (AvgIpc) is 2.21. The van der Waals surface area contributed by atoms with Crippen molar-refractivity contribution in [1.29, 1.82) is 0 Å². The topological polar surface area (TPSA) is 15.3 Å². The molecule has 15 heavy (non-hydrogen) atoms. The van der Waals surface area contributed by atoms with Gasteiger partial charge in [-0.25, -0.2) is 0 Å². The molecule has 1 saturated heterocycles. The Balaban J connectivity index is 0.00000196. The van der Waals surface area contributed by atoms with Crippen LogP contribution < -0.4 is 5.32 Å². The lowest BCUT2D eigenvalue weighted by Crippen LogP contribution is -2.37. The summed E-state index contributed by atoms with van der Waals surface area (Å²) in [6, 6.07) is 0. The standard InChI is InChI=1S/C11H24N2S.ClH/c1-3-14-9-8-13-6-4-11(5-7-13)10-12-2;/h11-12H,3-10H2,1-2H3;1H. The first-order valence-corrected chi connectivity index (χ1v) is 6.97. The highest BCUT2D eigenvalue weighted by Gasteiger charge is 2.17. The van der Waals surface area contributed by atoms with Crippen molar-refractivity contribution in [3.63, 3.8) is 0 Å². The van der Waals surface area contributed by atoms with E-state index in [9.17, 15) is 0 Å². The lowest BCUT2D eigenvalue weighted by Gasteiger charge is -2.31. The van der Waals surface area contributed by atoms with Crippen molar-refractivity contribution in [3.8, 4) is 0 Å². The van der Waals surface area contributed by atoms with Crippen molar-refractivity contribution in [2.24, 2.45) is 5.92 Å². The van der Waals surface area contributed by atoms with Crippen molar-refractivity contribution in [1.82, 2.24) is 10.2 Å². The summed E-state index contributed by atoms with van der Waals surface area (Å²) >= 11 is 2.06. The summed E-state index contributed by atoms with van der Waals surface area (Å²) in [7, 11) is 2.06. The molecule has 1 N–H and O–H groups in total.